The van der Waals surface area contributed by atoms with E-state index < -0.39 is 6.36 Å². The van der Waals surface area contributed by atoms with E-state index in [4.69, 9.17) is 14.2 Å². The smallest absolute Gasteiger partial charge is 0.494 e. The lowest BCUT2D eigenvalue weighted by molar-refractivity contribution is -0.274. The number of epoxide rings is 1. The van der Waals surface area contributed by atoms with Crippen LogP contribution in [-0.4, -0.2) is 44.9 Å². The molecule has 0 bridgehead atoms. The summed E-state index contributed by atoms with van der Waals surface area (Å²) in [7, 11) is 0. The van der Waals surface area contributed by atoms with E-state index in [0.29, 0.717) is 19.0 Å². The van der Waals surface area contributed by atoms with Gasteiger partial charge in [-0.1, -0.05) is 0 Å². The molecule has 0 aromatic heterocycles. The average Bonchev–Trinajstić information content (AvgIpc) is 3.45. The van der Waals surface area contributed by atoms with Crippen LogP contribution in [0.1, 0.15) is 20.3 Å². The number of rotatable bonds is 11. The summed E-state index contributed by atoms with van der Waals surface area (Å²) in [5.41, 5.74) is 0.951. The second-order valence-electron chi connectivity index (χ2n) is 7.32. The highest BCUT2D eigenvalue weighted by molar-refractivity contribution is 5.49. The minimum atomic E-state index is -4.69. The van der Waals surface area contributed by atoms with Crippen molar-refractivity contribution in [1.29, 1.82) is 0 Å². The molecule has 164 valence electrons. The van der Waals surface area contributed by atoms with E-state index in [1.54, 1.807) is 0 Å². The van der Waals surface area contributed by atoms with Crippen molar-refractivity contribution in [2.75, 3.05) is 37.8 Å². The number of hydrogen-bond acceptors (Lipinski definition) is 5. The Morgan fingerprint density at radius 1 is 0.967 bits per heavy atom. The number of alkyl halides is 3. The Morgan fingerprint density at radius 2 is 1.53 bits per heavy atom. The summed E-state index contributed by atoms with van der Waals surface area (Å²) in [5.74, 6) is 1.05. The zero-order chi connectivity index (χ0) is 21.6. The van der Waals surface area contributed by atoms with E-state index in [-0.39, 0.29) is 11.4 Å². The third-order valence-electron chi connectivity index (χ3n) is 4.66. The van der Waals surface area contributed by atoms with Gasteiger partial charge in [0.15, 0.2) is 0 Å². The van der Waals surface area contributed by atoms with E-state index >= 15 is 0 Å². The van der Waals surface area contributed by atoms with Crippen molar-refractivity contribution in [2.45, 2.75) is 32.2 Å². The second-order valence-corrected chi connectivity index (χ2v) is 7.32. The molecule has 0 aliphatic carbocycles. The fourth-order valence-corrected chi connectivity index (χ4v) is 2.85. The van der Waals surface area contributed by atoms with Crippen LogP contribution in [0.2, 0.25) is 0 Å². The Bertz CT molecular complexity index is 790. The second kappa shape index (κ2) is 9.47. The van der Waals surface area contributed by atoms with Gasteiger partial charge in [-0.15, -0.1) is 13.2 Å². The minimum absolute atomic E-state index is 0.139. The molecule has 2 aromatic carbocycles. The van der Waals surface area contributed by atoms with Crippen LogP contribution in [0.5, 0.6) is 17.2 Å². The van der Waals surface area contributed by atoms with Gasteiger partial charge >= 0.3 is 6.36 Å². The van der Waals surface area contributed by atoms with Gasteiger partial charge < -0.3 is 23.8 Å². The van der Waals surface area contributed by atoms with E-state index in [2.05, 4.69) is 16.6 Å². The molecule has 30 heavy (non-hydrogen) atoms. The predicted molar refractivity (Wildman–Crippen MR) is 107 cm³/mol. The van der Waals surface area contributed by atoms with Crippen molar-refractivity contribution in [3.8, 4) is 17.2 Å². The van der Waals surface area contributed by atoms with Crippen molar-refractivity contribution >= 4 is 5.69 Å². The molecule has 0 amide bonds. The van der Waals surface area contributed by atoms with Crippen molar-refractivity contribution in [2.24, 2.45) is 0 Å². The normalized spacial score (nSPS) is 18.0. The monoisotopic (exact) mass is 425 g/mol. The molecule has 0 saturated carbocycles. The van der Waals surface area contributed by atoms with Gasteiger partial charge in [0.2, 0.25) is 0 Å². The maximum Gasteiger partial charge on any atom is 0.573 e. The van der Waals surface area contributed by atoms with Gasteiger partial charge in [-0.05, 0) is 68.8 Å². The third kappa shape index (κ3) is 7.02. The highest BCUT2D eigenvalue weighted by Crippen LogP contribution is 2.28. The van der Waals surface area contributed by atoms with E-state index in [9.17, 15) is 13.2 Å². The highest BCUT2D eigenvalue weighted by Gasteiger charge is 2.40. The van der Waals surface area contributed by atoms with Gasteiger partial charge in [-0.25, -0.2) is 0 Å². The lowest BCUT2D eigenvalue weighted by Gasteiger charge is -2.23. The molecule has 1 aliphatic heterocycles. The van der Waals surface area contributed by atoms with Crippen LogP contribution >= 0.6 is 0 Å². The molecule has 0 spiro atoms. The number of nitrogens with zero attached hydrogens (tertiary/aromatic N) is 1. The molecular weight excluding hydrogens is 399 g/mol. The standard InChI is InChI=1S/C22H26F3NO4/c1-3-26(17-5-7-19(8-6-17)28-15-21(2)16-29-21)13-4-14-27-18-9-11-20(12-10-18)30-22(23,24)25/h5-12H,3-4,13-16H2,1-2H3/t21-/m0/s1. The number of benzene rings is 2. The summed E-state index contributed by atoms with van der Waals surface area (Å²) >= 11 is 0. The summed E-state index contributed by atoms with van der Waals surface area (Å²) in [6.45, 7) is 7.47. The lowest BCUT2D eigenvalue weighted by Crippen LogP contribution is -2.25. The van der Waals surface area contributed by atoms with Crippen LogP contribution in [0.3, 0.4) is 0 Å². The number of ether oxygens (including phenoxy) is 4. The molecule has 2 aromatic rings. The maximum absolute atomic E-state index is 12.2. The number of anilines is 1. The van der Waals surface area contributed by atoms with Gasteiger partial charge in [0.05, 0.1) is 13.2 Å². The lowest BCUT2D eigenvalue weighted by atomic mass is 10.2. The number of halogens is 3. The van der Waals surface area contributed by atoms with Gasteiger partial charge in [-0.3, -0.25) is 0 Å². The molecule has 1 atom stereocenters. The first kappa shape index (κ1) is 22.1. The van der Waals surface area contributed by atoms with Crippen molar-refractivity contribution in [3.05, 3.63) is 48.5 Å². The first-order valence-corrected chi connectivity index (χ1v) is 9.87. The average molecular weight is 425 g/mol. The van der Waals surface area contributed by atoms with Crippen molar-refractivity contribution < 1.29 is 32.1 Å². The third-order valence-corrected chi connectivity index (χ3v) is 4.66. The number of hydrogen-bond donors (Lipinski definition) is 0. The molecule has 1 heterocycles. The molecule has 5 nitrogen and oxygen atoms in total. The first-order chi connectivity index (χ1) is 14.3. The quantitative estimate of drug-likeness (QED) is 0.372. The van der Waals surface area contributed by atoms with Crippen molar-refractivity contribution in [3.63, 3.8) is 0 Å². The molecular formula is C22H26F3NO4. The minimum Gasteiger partial charge on any atom is -0.494 e. The predicted octanol–water partition coefficient (Wildman–Crippen LogP) is 5.05. The van der Waals surface area contributed by atoms with E-state index in [0.717, 1.165) is 37.6 Å². The Morgan fingerprint density at radius 3 is 2.10 bits per heavy atom. The van der Waals surface area contributed by atoms with Crippen LogP contribution in [0.25, 0.3) is 0 Å². The topological polar surface area (TPSA) is 43.5 Å². The van der Waals surface area contributed by atoms with Crippen LogP contribution < -0.4 is 19.1 Å². The first-order valence-electron chi connectivity index (χ1n) is 9.87. The van der Waals surface area contributed by atoms with Gasteiger partial charge in [-0.2, -0.15) is 0 Å². The van der Waals surface area contributed by atoms with Gasteiger partial charge in [0.1, 0.15) is 29.5 Å². The summed E-state index contributed by atoms with van der Waals surface area (Å²) in [6, 6.07) is 13.3. The molecule has 1 saturated heterocycles. The maximum atomic E-state index is 12.2. The zero-order valence-corrected chi connectivity index (χ0v) is 17.1. The fraction of sp³-hybridized carbons (Fsp3) is 0.455. The largest absolute Gasteiger partial charge is 0.573 e. The summed E-state index contributed by atoms with van der Waals surface area (Å²) in [5, 5.41) is 0. The summed E-state index contributed by atoms with van der Waals surface area (Å²) in [4.78, 5) is 2.22. The van der Waals surface area contributed by atoms with Gasteiger partial charge in [0, 0.05) is 18.8 Å². The molecule has 0 unspecified atom stereocenters. The molecule has 0 N–H and O–H groups in total. The van der Waals surface area contributed by atoms with Crippen LogP contribution in [0.15, 0.2) is 48.5 Å². The van der Waals surface area contributed by atoms with Crippen LogP contribution in [0, 0.1) is 0 Å². The Balaban J connectivity index is 1.40. The Hall–Kier alpha value is -2.61. The van der Waals surface area contributed by atoms with Gasteiger partial charge in [0.25, 0.3) is 0 Å². The fourth-order valence-electron chi connectivity index (χ4n) is 2.85. The molecule has 0 radical (unpaired) electrons. The SMILES string of the molecule is CCN(CCCOc1ccc(OC(F)(F)F)cc1)c1ccc(OC[C@@]2(C)CO2)cc1. The van der Waals surface area contributed by atoms with Crippen LogP contribution in [0.4, 0.5) is 18.9 Å². The van der Waals surface area contributed by atoms with Crippen molar-refractivity contribution in [1.82, 2.24) is 0 Å². The summed E-state index contributed by atoms with van der Waals surface area (Å²) < 4.78 is 57.1. The molecule has 8 heteroatoms. The molecule has 1 fully saturated rings. The van der Waals surface area contributed by atoms with E-state index in [1.165, 1.54) is 24.3 Å². The van der Waals surface area contributed by atoms with E-state index in [1.807, 2.05) is 31.2 Å². The highest BCUT2D eigenvalue weighted by atomic mass is 19.4. The van der Waals surface area contributed by atoms with Crippen LogP contribution in [-0.2, 0) is 4.74 Å². The summed E-state index contributed by atoms with van der Waals surface area (Å²) in [6.07, 6.45) is -3.93. The zero-order valence-electron chi connectivity index (χ0n) is 17.1. The Labute approximate surface area is 174 Å². The molecule has 1 aliphatic rings. The Kier molecular flexibility index (Phi) is 6.97. The molecule has 3 rings (SSSR count).